The fourth-order valence-electron chi connectivity index (χ4n) is 2.10. The quantitative estimate of drug-likeness (QED) is 0.766. The van der Waals surface area contributed by atoms with Gasteiger partial charge in [-0.05, 0) is 19.1 Å². The van der Waals surface area contributed by atoms with Gasteiger partial charge >= 0.3 is 0 Å². The van der Waals surface area contributed by atoms with Gasteiger partial charge in [0.15, 0.2) is 22.3 Å². The van der Waals surface area contributed by atoms with E-state index >= 15 is 0 Å². The second kappa shape index (κ2) is 6.17. The van der Waals surface area contributed by atoms with Crippen molar-refractivity contribution in [3.8, 4) is 0 Å². The third-order valence-corrected chi connectivity index (χ3v) is 3.34. The first-order chi connectivity index (χ1) is 11.1. The first-order valence-electron chi connectivity index (χ1n) is 6.79. The monoisotopic (exact) mass is 334 g/mol. The summed E-state index contributed by atoms with van der Waals surface area (Å²) < 4.78 is 14.9. The molecule has 3 aromatic heterocycles. The second-order valence-electron chi connectivity index (χ2n) is 4.57. The molecule has 0 aliphatic rings. The molecule has 9 heteroatoms. The normalized spacial score (nSPS) is 10.7. The molecule has 0 fully saturated rings. The van der Waals surface area contributed by atoms with E-state index in [-0.39, 0.29) is 16.5 Å². The van der Waals surface area contributed by atoms with Crippen molar-refractivity contribution < 1.29 is 9.18 Å². The highest BCUT2D eigenvalue weighted by molar-refractivity contribution is 6.33. The SMILES string of the molecule is CCNc1ccnn2c(C(=O)Nc3ccncc3F)c(Cl)nc12. The van der Waals surface area contributed by atoms with Gasteiger partial charge in [-0.2, -0.15) is 5.10 Å². The van der Waals surface area contributed by atoms with E-state index in [4.69, 9.17) is 11.6 Å². The zero-order valence-corrected chi connectivity index (χ0v) is 12.8. The summed E-state index contributed by atoms with van der Waals surface area (Å²) >= 11 is 6.07. The number of hydrogen-bond donors (Lipinski definition) is 2. The number of amides is 1. The van der Waals surface area contributed by atoms with Crippen LogP contribution in [-0.2, 0) is 0 Å². The van der Waals surface area contributed by atoms with E-state index in [0.29, 0.717) is 17.9 Å². The maximum atomic E-state index is 13.6. The molecule has 118 valence electrons. The van der Waals surface area contributed by atoms with Crippen molar-refractivity contribution in [1.82, 2.24) is 19.6 Å². The lowest BCUT2D eigenvalue weighted by Gasteiger charge is -2.07. The Hall–Kier alpha value is -2.74. The van der Waals surface area contributed by atoms with Crippen LogP contribution in [0.1, 0.15) is 17.4 Å². The Morgan fingerprint density at radius 2 is 2.13 bits per heavy atom. The molecular weight excluding hydrogens is 323 g/mol. The minimum Gasteiger partial charge on any atom is -0.382 e. The van der Waals surface area contributed by atoms with Gasteiger partial charge in [0.05, 0.1) is 23.8 Å². The number of nitrogens with zero attached hydrogens (tertiary/aromatic N) is 4. The minimum absolute atomic E-state index is 0.00106. The van der Waals surface area contributed by atoms with Crippen molar-refractivity contribution in [2.75, 3.05) is 17.2 Å². The summed E-state index contributed by atoms with van der Waals surface area (Å²) in [7, 11) is 0. The van der Waals surface area contributed by atoms with E-state index in [0.717, 1.165) is 6.20 Å². The Morgan fingerprint density at radius 3 is 2.87 bits per heavy atom. The molecule has 3 aromatic rings. The predicted octanol–water partition coefficient (Wildman–Crippen LogP) is 2.60. The van der Waals surface area contributed by atoms with Gasteiger partial charge in [-0.15, -0.1) is 0 Å². The number of aromatic nitrogens is 4. The van der Waals surface area contributed by atoms with Crippen LogP contribution in [0.5, 0.6) is 0 Å². The second-order valence-corrected chi connectivity index (χ2v) is 4.93. The summed E-state index contributed by atoms with van der Waals surface area (Å²) in [4.78, 5) is 20.2. The highest BCUT2D eigenvalue weighted by atomic mass is 35.5. The molecule has 3 heterocycles. The first kappa shape index (κ1) is 15.2. The number of rotatable bonds is 4. The standard InChI is InChI=1S/C14H12ClFN6O/c1-2-18-10-4-6-19-22-11(12(15)21-13(10)22)14(23)20-9-3-5-17-7-8(9)16/h3-7,18H,2H2,1H3,(H,17,20,23). The summed E-state index contributed by atoms with van der Waals surface area (Å²) in [5.41, 5.74) is 1.13. The van der Waals surface area contributed by atoms with E-state index in [2.05, 4.69) is 25.7 Å². The van der Waals surface area contributed by atoms with Gasteiger partial charge in [-0.1, -0.05) is 11.6 Å². The maximum Gasteiger partial charge on any atom is 0.277 e. The summed E-state index contributed by atoms with van der Waals surface area (Å²) in [6, 6.07) is 3.08. The average molecular weight is 335 g/mol. The van der Waals surface area contributed by atoms with E-state index in [1.807, 2.05) is 6.92 Å². The van der Waals surface area contributed by atoms with Gasteiger partial charge in [0, 0.05) is 12.7 Å². The fourth-order valence-corrected chi connectivity index (χ4v) is 2.34. The number of pyridine rings is 1. The third-order valence-electron chi connectivity index (χ3n) is 3.08. The first-order valence-corrected chi connectivity index (χ1v) is 7.17. The molecule has 0 bridgehead atoms. The molecule has 0 unspecified atom stereocenters. The van der Waals surface area contributed by atoms with Crippen molar-refractivity contribution in [3.05, 3.63) is 47.4 Å². The van der Waals surface area contributed by atoms with E-state index < -0.39 is 11.7 Å². The molecule has 0 aliphatic heterocycles. The zero-order valence-electron chi connectivity index (χ0n) is 12.0. The number of fused-ring (bicyclic) bond motifs is 1. The Labute approximate surface area is 135 Å². The number of carbonyl (C=O) groups is 1. The largest absolute Gasteiger partial charge is 0.382 e. The van der Waals surface area contributed by atoms with Gasteiger partial charge in [-0.3, -0.25) is 9.78 Å². The highest BCUT2D eigenvalue weighted by Gasteiger charge is 2.21. The van der Waals surface area contributed by atoms with Crippen molar-refractivity contribution in [3.63, 3.8) is 0 Å². The molecule has 7 nitrogen and oxygen atoms in total. The summed E-state index contributed by atoms with van der Waals surface area (Å²) in [6.45, 7) is 2.61. The maximum absolute atomic E-state index is 13.6. The van der Waals surface area contributed by atoms with Crippen molar-refractivity contribution in [1.29, 1.82) is 0 Å². The number of hydrogen-bond acceptors (Lipinski definition) is 5. The zero-order chi connectivity index (χ0) is 16.4. The predicted molar refractivity (Wildman–Crippen MR) is 84.3 cm³/mol. The number of imidazole rings is 1. The molecule has 0 aliphatic carbocycles. The number of carbonyl (C=O) groups excluding carboxylic acids is 1. The lowest BCUT2D eigenvalue weighted by Crippen LogP contribution is -2.17. The summed E-state index contributed by atoms with van der Waals surface area (Å²) in [5.74, 6) is -1.26. The van der Waals surface area contributed by atoms with Gasteiger partial charge in [0.2, 0.25) is 0 Å². The average Bonchev–Trinajstić information content (AvgIpc) is 2.87. The molecule has 1 amide bonds. The van der Waals surface area contributed by atoms with Gasteiger partial charge < -0.3 is 10.6 Å². The van der Waals surface area contributed by atoms with Crippen LogP contribution < -0.4 is 10.6 Å². The van der Waals surface area contributed by atoms with Gasteiger partial charge in [0.25, 0.3) is 5.91 Å². The smallest absolute Gasteiger partial charge is 0.277 e. The van der Waals surface area contributed by atoms with Crippen molar-refractivity contribution >= 4 is 34.5 Å². The summed E-state index contributed by atoms with van der Waals surface area (Å²) in [5, 5.41) is 9.62. The Kier molecular flexibility index (Phi) is 4.07. The van der Waals surface area contributed by atoms with Gasteiger partial charge in [-0.25, -0.2) is 13.9 Å². The van der Waals surface area contributed by atoms with Gasteiger partial charge in [0.1, 0.15) is 0 Å². The lowest BCUT2D eigenvalue weighted by molar-refractivity contribution is 0.102. The number of halogens is 2. The van der Waals surface area contributed by atoms with Crippen molar-refractivity contribution in [2.45, 2.75) is 6.92 Å². The fraction of sp³-hybridized carbons (Fsp3) is 0.143. The minimum atomic E-state index is -0.646. The molecule has 0 atom stereocenters. The van der Waals surface area contributed by atoms with Crippen LogP contribution >= 0.6 is 11.6 Å². The highest BCUT2D eigenvalue weighted by Crippen LogP contribution is 2.23. The van der Waals surface area contributed by atoms with Crippen LogP contribution in [0.2, 0.25) is 5.15 Å². The molecule has 23 heavy (non-hydrogen) atoms. The van der Waals surface area contributed by atoms with E-state index in [1.54, 1.807) is 6.07 Å². The molecule has 0 saturated heterocycles. The molecule has 2 N–H and O–H groups in total. The molecule has 0 saturated carbocycles. The van der Waals surface area contributed by atoms with E-state index in [1.165, 1.54) is 23.0 Å². The van der Waals surface area contributed by atoms with Crippen LogP contribution in [0.15, 0.2) is 30.7 Å². The molecule has 0 aromatic carbocycles. The van der Waals surface area contributed by atoms with Crippen LogP contribution in [0.25, 0.3) is 5.65 Å². The van der Waals surface area contributed by atoms with Crippen molar-refractivity contribution in [2.24, 2.45) is 0 Å². The topological polar surface area (TPSA) is 84.2 Å². The summed E-state index contributed by atoms with van der Waals surface area (Å²) in [6.07, 6.45) is 3.90. The Balaban J connectivity index is 2.02. The van der Waals surface area contributed by atoms with Crippen LogP contribution in [-0.4, -0.2) is 32.0 Å². The number of nitrogens with one attached hydrogen (secondary N) is 2. The van der Waals surface area contributed by atoms with E-state index in [9.17, 15) is 9.18 Å². The Bertz CT molecular complexity index is 881. The Morgan fingerprint density at radius 1 is 1.35 bits per heavy atom. The van der Waals surface area contributed by atoms with Crippen LogP contribution in [0.4, 0.5) is 15.8 Å². The third kappa shape index (κ3) is 2.80. The van der Waals surface area contributed by atoms with Crippen LogP contribution in [0, 0.1) is 5.82 Å². The molecule has 3 rings (SSSR count). The van der Waals surface area contributed by atoms with Crippen LogP contribution in [0.3, 0.4) is 0 Å². The molecule has 0 spiro atoms. The molecule has 0 radical (unpaired) electrons. The number of anilines is 2. The molecular formula is C14H12ClFN6O. The lowest BCUT2D eigenvalue weighted by atomic mass is 10.3.